The van der Waals surface area contributed by atoms with Gasteiger partial charge in [-0.15, -0.1) is 0 Å². The Hall–Kier alpha value is -2.39. The van der Waals surface area contributed by atoms with Gasteiger partial charge < -0.3 is 15.5 Å². The van der Waals surface area contributed by atoms with Crippen LogP contribution in [0.25, 0.3) is 11.3 Å². The molecule has 1 atom stereocenters. The van der Waals surface area contributed by atoms with Crippen LogP contribution in [0.15, 0.2) is 24.5 Å². The molecule has 7 nitrogen and oxygen atoms in total. The first-order chi connectivity index (χ1) is 11.8. The summed E-state index contributed by atoms with van der Waals surface area (Å²) in [5, 5.41) is 26.8. The molecule has 0 spiro atoms. The maximum atomic E-state index is 13.3. The number of nitrogens with zero attached hydrogens (tertiary/aromatic N) is 3. The van der Waals surface area contributed by atoms with Crippen LogP contribution in [0.5, 0.6) is 0 Å². The van der Waals surface area contributed by atoms with Gasteiger partial charge in [0.1, 0.15) is 0 Å². The van der Waals surface area contributed by atoms with Crippen molar-refractivity contribution in [1.82, 2.24) is 14.8 Å². The first-order valence-electron chi connectivity index (χ1n) is 7.88. The zero-order valence-corrected chi connectivity index (χ0v) is 13.5. The lowest BCUT2D eigenvalue weighted by Crippen LogP contribution is -2.28. The number of aliphatic hydroxyl groups is 2. The molecule has 0 radical (unpaired) electrons. The molecule has 2 aromatic rings. The highest BCUT2D eigenvalue weighted by Crippen LogP contribution is 2.34. The fourth-order valence-corrected chi connectivity index (χ4v) is 2.86. The van der Waals surface area contributed by atoms with Gasteiger partial charge in [0.05, 0.1) is 23.3 Å². The highest BCUT2D eigenvalue weighted by Gasteiger charge is 2.30. The van der Waals surface area contributed by atoms with Gasteiger partial charge in [-0.05, 0) is 25.0 Å². The lowest BCUT2D eigenvalue weighted by Gasteiger charge is -2.23. The molecule has 1 aliphatic rings. The van der Waals surface area contributed by atoms with Gasteiger partial charge in [-0.25, -0.2) is 4.68 Å². The summed E-state index contributed by atoms with van der Waals surface area (Å²) >= 11 is 0. The molecule has 1 amide bonds. The average molecular weight is 352 g/mol. The number of hydrogen-bond acceptors (Lipinski definition) is 5. The van der Waals surface area contributed by atoms with E-state index in [-0.39, 0.29) is 35.0 Å². The summed E-state index contributed by atoms with van der Waals surface area (Å²) in [6.45, 7) is -1.23. The van der Waals surface area contributed by atoms with Crippen molar-refractivity contribution >= 4 is 11.6 Å². The number of hydrogen-bond donors (Lipinski definition) is 3. The molecule has 0 unspecified atom stereocenters. The molecule has 134 valence electrons. The topological polar surface area (TPSA) is 100 Å². The number of rotatable bonds is 1. The molecular formula is C16H18F2N4O3. The fraction of sp³-hybridized carbons (Fsp3) is 0.438. The molecule has 2 aromatic heterocycles. The summed E-state index contributed by atoms with van der Waals surface area (Å²) in [6, 6.07) is 2.76. The van der Waals surface area contributed by atoms with Crippen molar-refractivity contribution in [3.63, 3.8) is 0 Å². The molecule has 3 rings (SSSR count). The van der Waals surface area contributed by atoms with Crippen molar-refractivity contribution in [3.8, 4) is 11.3 Å². The second-order valence-corrected chi connectivity index (χ2v) is 6.16. The van der Waals surface area contributed by atoms with Crippen LogP contribution in [0, 0.1) is 5.92 Å². The van der Waals surface area contributed by atoms with Crippen LogP contribution in [0.3, 0.4) is 0 Å². The Labute approximate surface area is 142 Å². The second kappa shape index (κ2) is 6.49. The largest absolute Gasteiger partial charge is 0.361 e. The third kappa shape index (κ3) is 3.38. The molecule has 25 heavy (non-hydrogen) atoms. The number of aromatic nitrogens is 3. The number of halogens is 2. The quantitative estimate of drug-likeness (QED) is 0.684. The smallest absolute Gasteiger partial charge is 0.333 e. The Balaban J connectivity index is 2.19. The van der Waals surface area contributed by atoms with Crippen molar-refractivity contribution in [3.05, 3.63) is 30.2 Å². The zero-order valence-electron chi connectivity index (χ0n) is 13.5. The first kappa shape index (κ1) is 17.4. The molecule has 0 saturated heterocycles. The SMILES string of the molecule is C[C@@H]1CCCC(O)(O)c2cc(ccn2)-c2c(cnn2C(F)F)NC1=O. The molecule has 0 aliphatic carbocycles. The molecule has 0 saturated carbocycles. The molecular weight excluding hydrogens is 334 g/mol. The maximum Gasteiger partial charge on any atom is 0.333 e. The van der Waals surface area contributed by atoms with Crippen LogP contribution in [0.2, 0.25) is 0 Å². The lowest BCUT2D eigenvalue weighted by atomic mass is 9.96. The van der Waals surface area contributed by atoms with E-state index in [0.29, 0.717) is 17.5 Å². The van der Waals surface area contributed by atoms with Gasteiger partial charge in [0.15, 0.2) is 0 Å². The van der Waals surface area contributed by atoms with Gasteiger partial charge in [0.25, 0.3) is 0 Å². The lowest BCUT2D eigenvalue weighted by molar-refractivity contribution is -0.178. The Morgan fingerprint density at radius 2 is 2.20 bits per heavy atom. The molecule has 3 heterocycles. The number of carbonyl (C=O) groups excluding carboxylic acids is 1. The third-order valence-corrected chi connectivity index (χ3v) is 4.29. The van der Waals surface area contributed by atoms with E-state index in [1.807, 2.05) is 0 Å². The minimum atomic E-state index is -2.92. The summed E-state index contributed by atoms with van der Waals surface area (Å²) in [6.07, 6.45) is 3.23. The Morgan fingerprint density at radius 3 is 2.92 bits per heavy atom. The number of carbonyl (C=O) groups is 1. The van der Waals surface area contributed by atoms with Crippen LogP contribution in [-0.4, -0.2) is 30.9 Å². The zero-order chi connectivity index (χ0) is 18.2. The molecule has 3 N–H and O–H groups in total. The number of alkyl halides is 2. The predicted octanol–water partition coefficient (Wildman–Crippen LogP) is 2.24. The van der Waals surface area contributed by atoms with Gasteiger partial charge in [-0.1, -0.05) is 6.92 Å². The maximum absolute atomic E-state index is 13.3. The summed E-state index contributed by atoms with van der Waals surface area (Å²) in [4.78, 5) is 16.2. The van der Waals surface area contributed by atoms with E-state index < -0.39 is 18.3 Å². The number of nitrogens with one attached hydrogen (secondary N) is 1. The van der Waals surface area contributed by atoms with Crippen LogP contribution in [-0.2, 0) is 10.6 Å². The minimum Gasteiger partial charge on any atom is -0.361 e. The summed E-state index contributed by atoms with van der Waals surface area (Å²) < 4.78 is 27.1. The van der Waals surface area contributed by atoms with E-state index >= 15 is 0 Å². The van der Waals surface area contributed by atoms with Crippen LogP contribution in [0.4, 0.5) is 14.5 Å². The Bertz CT molecular complexity index is 791. The summed E-state index contributed by atoms with van der Waals surface area (Å²) in [7, 11) is 0. The summed E-state index contributed by atoms with van der Waals surface area (Å²) in [5.41, 5.74) is 0.322. The van der Waals surface area contributed by atoms with Crippen molar-refractivity contribution in [1.29, 1.82) is 0 Å². The van der Waals surface area contributed by atoms with E-state index in [9.17, 15) is 23.8 Å². The van der Waals surface area contributed by atoms with E-state index in [4.69, 9.17) is 0 Å². The molecule has 0 aromatic carbocycles. The average Bonchev–Trinajstić information content (AvgIpc) is 2.97. The fourth-order valence-electron chi connectivity index (χ4n) is 2.86. The molecule has 0 fully saturated rings. The standard InChI is InChI=1S/C16H18F2N4O3/c1-9-3-2-5-16(24,25)12-7-10(4-6-19-12)13-11(21-14(9)23)8-20-22(13)15(17)18/h4,6-9,15,24-25H,2-3,5H2,1H3,(H,21,23)/t9-/m1/s1. The molecule has 2 bridgehead atoms. The van der Waals surface area contributed by atoms with Gasteiger partial charge in [-0.2, -0.15) is 13.9 Å². The molecule has 9 heteroatoms. The number of amides is 1. The minimum absolute atomic E-state index is 0.0180. The van der Waals surface area contributed by atoms with E-state index in [1.54, 1.807) is 6.92 Å². The van der Waals surface area contributed by atoms with Gasteiger partial charge in [-0.3, -0.25) is 9.78 Å². The number of pyridine rings is 1. The van der Waals surface area contributed by atoms with Gasteiger partial charge in [0.2, 0.25) is 11.7 Å². The highest BCUT2D eigenvalue weighted by atomic mass is 19.3. The highest BCUT2D eigenvalue weighted by molar-refractivity contribution is 5.95. The van der Waals surface area contributed by atoms with Crippen molar-refractivity contribution in [2.24, 2.45) is 5.92 Å². The van der Waals surface area contributed by atoms with Crippen LogP contribution in [0.1, 0.15) is 38.4 Å². The van der Waals surface area contributed by atoms with Gasteiger partial charge >= 0.3 is 6.55 Å². The molecule has 1 aliphatic heterocycles. The number of fused-ring (bicyclic) bond motifs is 4. The van der Waals surface area contributed by atoms with Crippen molar-refractivity contribution < 1.29 is 23.8 Å². The number of anilines is 1. The Kier molecular flexibility index (Phi) is 4.53. The predicted molar refractivity (Wildman–Crippen MR) is 84.5 cm³/mol. The van der Waals surface area contributed by atoms with E-state index in [0.717, 1.165) is 6.20 Å². The monoisotopic (exact) mass is 352 g/mol. The van der Waals surface area contributed by atoms with Crippen LogP contribution >= 0.6 is 0 Å². The second-order valence-electron chi connectivity index (χ2n) is 6.16. The van der Waals surface area contributed by atoms with E-state index in [1.165, 1.54) is 18.3 Å². The normalized spacial score (nSPS) is 20.4. The Morgan fingerprint density at radius 1 is 1.44 bits per heavy atom. The van der Waals surface area contributed by atoms with Crippen LogP contribution < -0.4 is 5.32 Å². The van der Waals surface area contributed by atoms with E-state index in [2.05, 4.69) is 15.4 Å². The summed E-state index contributed by atoms with van der Waals surface area (Å²) in [5.74, 6) is -2.97. The van der Waals surface area contributed by atoms with Crippen molar-refractivity contribution in [2.75, 3.05) is 5.32 Å². The first-order valence-corrected chi connectivity index (χ1v) is 7.88. The van der Waals surface area contributed by atoms with Crippen molar-refractivity contribution in [2.45, 2.75) is 38.5 Å². The third-order valence-electron chi connectivity index (χ3n) is 4.29. The van der Waals surface area contributed by atoms with Gasteiger partial charge in [0, 0.05) is 24.1 Å².